The van der Waals surface area contributed by atoms with Gasteiger partial charge in [-0.15, -0.1) is 0 Å². The molecule has 3 aromatic heterocycles. The van der Waals surface area contributed by atoms with Gasteiger partial charge in [-0.2, -0.15) is 0 Å². The highest BCUT2D eigenvalue weighted by atomic mass is 16.2. The smallest absolute Gasteiger partial charge is 0.276 e. The first-order chi connectivity index (χ1) is 12.6. The van der Waals surface area contributed by atoms with Gasteiger partial charge in [0.15, 0.2) is 5.65 Å². The summed E-state index contributed by atoms with van der Waals surface area (Å²) in [5.41, 5.74) is 1.71. The molecule has 26 heavy (non-hydrogen) atoms. The maximum atomic E-state index is 12.9. The number of carbonyl (C=O) groups is 1. The van der Waals surface area contributed by atoms with Crippen molar-refractivity contribution < 1.29 is 4.79 Å². The molecule has 4 rings (SSSR count). The summed E-state index contributed by atoms with van der Waals surface area (Å²) in [4.78, 5) is 29.9. The van der Waals surface area contributed by atoms with Crippen molar-refractivity contribution in [2.75, 3.05) is 0 Å². The lowest BCUT2D eigenvalue weighted by molar-refractivity contribution is -0.123. The van der Waals surface area contributed by atoms with Crippen LogP contribution < -0.4 is 10.9 Å². The number of amides is 1. The zero-order valence-corrected chi connectivity index (χ0v) is 15.2. The van der Waals surface area contributed by atoms with E-state index in [1.807, 2.05) is 28.8 Å². The van der Waals surface area contributed by atoms with Gasteiger partial charge in [-0.3, -0.25) is 14.2 Å². The number of pyridine rings is 1. The van der Waals surface area contributed by atoms with Gasteiger partial charge in [-0.25, -0.2) is 4.98 Å². The Bertz CT molecular complexity index is 1020. The van der Waals surface area contributed by atoms with Crippen LogP contribution >= 0.6 is 0 Å². The molecule has 6 heteroatoms. The van der Waals surface area contributed by atoms with Crippen molar-refractivity contribution in [2.24, 2.45) is 11.8 Å². The molecular formula is C20H24N4O2. The van der Waals surface area contributed by atoms with Crippen molar-refractivity contribution in [1.82, 2.24) is 19.3 Å². The number of carbonyl (C=O) groups excluding carboxylic acids is 1. The lowest BCUT2D eigenvalue weighted by Crippen LogP contribution is -2.45. The molecule has 136 valence electrons. The molecule has 1 aliphatic rings. The fourth-order valence-corrected chi connectivity index (χ4v) is 4.11. The Labute approximate surface area is 151 Å². The first kappa shape index (κ1) is 16.8. The first-order valence-electron chi connectivity index (χ1n) is 9.30. The van der Waals surface area contributed by atoms with Gasteiger partial charge in [0.1, 0.15) is 12.1 Å². The van der Waals surface area contributed by atoms with Gasteiger partial charge in [0.2, 0.25) is 5.91 Å². The molecule has 3 unspecified atom stereocenters. The monoisotopic (exact) mass is 352 g/mol. The summed E-state index contributed by atoms with van der Waals surface area (Å²) in [5, 5.41) is 3.15. The summed E-state index contributed by atoms with van der Waals surface area (Å²) < 4.78 is 3.31. The Kier molecular flexibility index (Phi) is 4.26. The summed E-state index contributed by atoms with van der Waals surface area (Å²) in [6.45, 7) is 4.43. The molecule has 0 bridgehead atoms. The molecule has 3 aromatic rings. The van der Waals surface area contributed by atoms with E-state index in [0.29, 0.717) is 23.0 Å². The van der Waals surface area contributed by atoms with Crippen LogP contribution in [0.3, 0.4) is 0 Å². The van der Waals surface area contributed by atoms with Gasteiger partial charge >= 0.3 is 0 Å². The standard InChI is InChI=1S/C20H24N4O2/c1-13-6-3-7-15(14(13)2)22-18(25)12-24-19-16(8-4-10-21-19)23-11-5-9-17(23)20(24)26/h4-5,8-11,13-15H,3,6-7,12H2,1-2H3,(H,22,25). The third-order valence-electron chi connectivity index (χ3n) is 5.85. The molecule has 0 aliphatic heterocycles. The molecule has 0 radical (unpaired) electrons. The van der Waals surface area contributed by atoms with E-state index in [1.54, 1.807) is 12.3 Å². The molecule has 3 atom stereocenters. The minimum atomic E-state index is -0.193. The molecule has 1 N–H and O–H groups in total. The van der Waals surface area contributed by atoms with Crippen LogP contribution in [0.15, 0.2) is 41.5 Å². The van der Waals surface area contributed by atoms with Gasteiger partial charge < -0.3 is 9.72 Å². The van der Waals surface area contributed by atoms with Crippen molar-refractivity contribution in [3.8, 4) is 0 Å². The number of hydrogen-bond acceptors (Lipinski definition) is 3. The predicted molar refractivity (Wildman–Crippen MR) is 101 cm³/mol. The normalized spacial score (nSPS) is 23.4. The van der Waals surface area contributed by atoms with Crippen molar-refractivity contribution in [3.05, 3.63) is 47.0 Å². The Hall–Kier alpha value is -2.63. The van der Waals surface area contributed by atoms with Crippen molar-refractivity contribution in [1.29, 1.82) is 0 Å². The van der Waals surface area contributed by atoms with E-state index >= 15 is 0 Å². The summed E-state index contributed by atoms with van der Waals surface area (Å²) in [5.74, 6) is 0.935. The molecule has 0 aromatic carbocycles. The summed E-state index contributed by atoms with van der Waals surface area (Å²) in [6.07, 6.45) is 6.85. The Morgan fingerprint density at radius 3 is 2.88 bits per heavy atom. The highest BCUT2D eigenvalue weighted by Gasteiger charge is 2.28. The second kappa shape index (κ2) is 6.59. The minimum absolute atomic E-state index is 0.00831. The van der Waals surface area contributed by atoms with E-state index in [-0.39, 0.29) is 24.1 Å². The van der Waals surface area contributed by atoms with Crippen LogP contribution in [0, 0.1) is 11.8 Å². The molecule has 1 fully saturated rings. The van der Waals surface area contributed by atoms with Crippen LogP contribution in [-0.2, 0) is 11.3 Å². The average molecular weight is 352 g/mol. The van der Waals surface area contributed by atoms with Crippen LogP contribution in [0.5, 0.6) is 0 Å². The number of hydrogen-bond donors (Lipinski definition) is 1. The Balaban J connectivity index is 1.67. The molecule has 0 spiro atoms. The second-order valence-corrected chi connectivity index (χ2v) is 7.44. The Morgan fingerprint density at radius 2 is 2.04 bits per heavy atom. The topological polar surface area (TPSA) is 68.4 Å². The number of nitrogens with zero attached hydrogens (tertiary/aromatic N) is 3. The molecule has 6 nitrogen and oxygen atoms in total. The van der Waals surface area contributed by atoms with Crippen molar-refractivity contribution in [3.63, 3.8) is 0 Å². The lowest BCUT2D eigenvalue weighted by atomic mass is 9.78. The van der Waals surface area contributed by atoms with Crippen LogP contribution in [0.2, 0.25) is 0 Å². The van der Waals surface area contributed by atoms with Crippen LogP contribution in [0.1, 0.15) is 33.1 Å². The maximum Gasteiger partial charge on any atom is 0.276 e. The summed E-state index contributed by atoms with van der Waals surface area (Å²) in [7, 11) is 0. The predicted octanol–water partition coefficient (Wildman–Crippen LogP) is 2.59. The maximum absolute atomic E-state index is 12.9. The third-order valence-corrected chi connectivity index (χ3v) is 5.85. The molecular weight excluding hydrogens is 328 g/mol. The largest absolute Gasteiger partial charge is 0.352 e. The van der Waals surface area contributed by atoms with Gasteiger partial charge in [-0.05, 0) is 42.5 Å². The van der Waals surface area contributed by atoms with E-state index < -0.39 is 0 Å². The van der Waals surface area contributed by atoms with Crippen LogP contribution in [-0.4, -0.2) is 25.9 Å². The lowest BCUT2D eigenvalue weighted by Gasteiger charge is -2.34. The molecule has 1 aliphatic carbocycles. The van der Waals surface area contributed by atoms with E-state index in [9.17, 15) is 9.59 Å². The van der Waals surface area contributed by atoms with Gasteiger partial charge in [0, 0.05) is 18.4 Å². The fraction of sp³-hybridized carbons (Fsp3) is 0.450. The van der Waals surface area contributed by atoms with Gasteiger partial charge in [0.05, 0.1) is 5.52 Å². The highest BCUT2D eigenvalue weighted by molar-refractivity contribution is 5.80. The zero-order valence-electron chi connectivity index (χ0n) is 15.2. The number of fused-ring (bicyclic) bond motifs is 3. The molecule has 1 amide bonds. The molecule has 1 saturated carbocycles. The number of nitrogens with one attached hydrogen (secondary N) is 1. The third kappa shape index (κ3) is 2.79. The SMILES string of the molecule is CC1CCCC(NC(=O)Cn2c(=O)c3cccn3c3cccnc32)C1C. The van der Waals surface area contributed by atoms with Gasteiger partial charge in [0.25, 0.3) is 5.56 Å². The fourth-order valence-electron chi connectivity index (χ4n) is 4.11. The van der Waals surface area contributed by atoms with Crippen molar-refractivity contribution >= 4 is 22.6 Å². The van der Waals surface area contributed by atoms with E-state index in [0.717, 1.165) is 18.4 Å². The second-order valence-electron chi connectivity index (χ2n) is 7.44. The summed E-state index contributed by atoms with van der Waals surface area (Å²) >= 11 is 0. The Morgan fingerprint density at radius 1 is 1.23 bits per heavy atom. The summed E-state index contributed by atoms with van der Waals surface area (Å²) in [6, 6.07) is 7.53. The molecule has 0 saturated heterocycles. The average Bonchev–Trinajstić information content (AvgIpc) is 3.13. The number of aromatic nitrogens is 3. The van der Waals surface area contributed by atoms with Crippen LogP contribution in [0.25, 0.3) is 16.7 Å². The molecule has 3 heterocycles. The zero-order chi connectivity index (χ0) is 18.3. The first-order valence-corrected chi connectivity index (χ1v) is 9.30. The van der Waals surface area contributed by atoms with E-state index in [2.05, 4.69) is 24.1 Å². The minimum Gasteiger partial charge on any atom is -0.352 e. The quantitative estimate of drug-likeness (QED) is 0.788. The highest BCUT2D eigenvalue weighted by Crippen LogP contribution is 2.29. The van der Waals surface area contributed by atoms with E-state index in [4.69, 9.17) is 0 Å². The van der Waals surface area contributed by atoms with Gasteiger partial charge in [-0.1, -0.05) is 26.7 Å². The van der Waals surface area contributed by atoms with E-state index in [1.165, 1.54) is 11.0 Å². The van der Waals surface area contributed by atoms with Crippen molar-refractivity contribution in [2.45, 2.75) is 45.7 Å². The van der Waals surface area contributed by atoms with Crippen LogP contribution in [0.4, 0.5) is 0 Å². The number of rotatable bonds is 3.